The number of fused-ring (bicyclic) bond motifs is 1. The van der Waals surface area contributed by atoms with Crippen molar-refractivity contribution in [3.05, 3.63) is 52.8 Å². The summed E-state index contributed by atoms with van der Waals surface area (Å²) in [6.45, 7) is 1.67. The summed E-state index contributed by atoms with van der Waals surface area (Å²) >= 11 is 7.46. The molecule has 1 N–H and O–H groups in total. The van der Waals surface area contributed by atoms with Crippen molar-refractivity contribution in [1.29, 1.82) is 0 Å². The smallest absolute Gasteiger partial charge is 0.323 e. The second-order valence-corrected chi connectivity index (χ2v) is 7.47. The molecule has 8 heteroatoms. The van der Waals surface area contributed by atoms with E-state index in [1.807, 2.05) is 18.2 Å². The lowest BCUT2D eigenvalue weighted by Gasteiger charge is -2.26. The Hall–Kier alpha value is -2.12. The Morgan fingerprint density at radius 3 is 2.81 bits per heavy atom. The average molecular weight is 395 g/mol. The van der Waals surface area contributed by atoms with Gasteiger partial charge in [0.05, 0.1) is 5.02 Å². The van der Waals surface area contributed by atoms with Crippen LogP contribution in [0.2, 0.25) is 5.02 Å². The van der Waals surface area contributed by atoms with E-state index in [4.69, 9.17) is 21.1 Å². The van der Waals surface area contributed by atoms with Crippen molar-refractivity contribution in [2.75, 3.05) is 30.8 Å². The zero-order chi connectivity index (χ0) is 18.1. The number of benzene rings is 2. The number of nitrogens with one attached hydrogen (secondary N) is 1. The van der Waals surface area contributed by atoms with Gasteiger partial charge in [0.25, 0.3) is 0 Å². The van der Waals surface area contributed by atoms with E-state index >= 15 is 0 Å². The standard InChI is InChI=1S/C18H16ClFN2O3S/c19-13-10-12(2-3-14(13)20)21-18(23)22-5-8-26-17(22)11-1-4-15-16(9-11)25-7-6-24-15/h1-4,9-10,17H,5-8H2,(H,21,23)/t17-/m0/s1. The lowest BCUT2D eigenvalue weighted by atomic mass is 10.1. The Balaban J connectivity index is 1.52. The first-order valence-electron chi connectivity index (χ1n) is 8.15. The molecular weight excluding hydrogens is 379 g/mol. The number of nitrogens with zero attached hydrogens (tertiary/aromatic N) is 1. The van der Waals surface area contributed by atoms with Crippen LogP contribution in [0.15, 0.2) is 36.4 Å². The van der Waals surface area contributed by atoms with Gasteiger partial charge in [0.2, 0.25) is 0 Å². The molecule has 1 fully saturated rings. The van der Waals surface area contributed by atoms with E-state index < -0.39 is 5.82 Å². The summed E-state index contributed by atoms with van der Waals surface area (Å²) in [4.78, 5) is 14.4. The molecular formula is C18H16ClFN2O3S. The predicted molar refractivity (Wildman–Crippen MR) is 99.8 cm³/mol. The van der Waals surface area contributed by atoms with Gasteiger partial charge < -0.3 is 19.7 Å². The summed E-state index contributed by atoms with van der Waals surface area (Å²) in [5.41, 5.74) is 1.43. The van der Waals surface area contributed by atoms with E-state index in [9.17, 15) is 9.18 Å². The first-order valence-corrected chi connectivity index (χ1v) is 9.58. The van der Waals surface area contributed by atoms with Crippen molar-refractivity contribution in [3.63, 3.8) is 0 Å². The van der Waals surface area contributed by atoms with E-state index in [-0.39, 0.29) is 16.4 Å². The fourth-order valence-corrected chi connectivity index (χ4v) is 4.36. The third kappa shape index (κ3) is 3.41. The lowest BCUT2D eigenvalue weighted by Crippen LogP contribution is -2.34. The Kier molecular flexibility index (Phi) is 4.82. The number of hydrogen-bond donors (Lipinski definition) is 1. The van der Waals surface area contributed by atoms with Crippen LogP contribution in [-0.2, 0) is 0 Å². The summed E-state index contributed by atoms with van der Waals surface area (Å²) in [6, 6.07) is 9.61. The van der Waals surface area contributed by atoms with Crippen molar-refractivity contribution < 1.29 is 18.7 Å². The highest BCUT2D eigenvalue weighted by Crippen LogP contribution is 2.42. The summed E-state index contributed by atoms with van der Waals surface area (Å²) in [7, 11) is 0. The molecule has 0 aliphatic carbocycles. The van der Waals surface area contributed by atoms with Crippen molar-refractivity contribution >= 4 is 35.1 Å². The number of halogens is 2. The molecule has 0 aromatic heterocycles. The molecule has 2 aliphatic rings. The third-order valence-corrected chi connectivity index (χ3v) is 5.72. The topological polar surface area (TPSA) is 50.8 Å². The zero-order valence-electron chi connectivity index (χ0n) is 13.7. The second-order valence-electron chi connectivity index (χ2n) is 5.88. The van der Waals surface area contributed by atoms with Crippen LogP contribution in [0.3, 0.4) is 0 Å². The Morgan fingerprint density at radius 2 is 2.00 bits per heavy atom. The Labute approximate surface area is 159 Å². The SMILES string of the molecule is O=C(Nc1ccc(F)c(Cl)c1)N1CCS[C@H]1c1ccc2c(c1)OCCO2. The molecule has 0 spiro atoms. The van der Waals surface area contributed by atoms with Gasteiger partial charge in [-0.15, -0.1) is 11.8 Å². The van der Waals surface area contributed by atoms with Gasteiger partial charge in [-0.1, -0.05) is 17.7 Å². The predicted octanol–water partition coefficient (Wildman–Crippen LogP) is 4.53. The Bertz CT molecular complexity index is 851. The van der Waals surface area contributed by atoms with Gasteiger partial charge in [-0.05, 0) is 35.9 Å². The van der Waals surface area contributed by atoms with E-state index in [0.29, 0.717) is 31.2 Å². The average Bonchev–Trinajstić information content (AvgIpc) is 3.14. The van der Waals surface area contributed by atoms with Gasteiger partial charge in [-0.25, -0.2) is 9.18 Å². The van der Waals surface area contributed by atoms with Gasteiger partial charge in [0.1, 0.15) is 24.4 Å². The fraction of sp³-hybridized carbons (Fsp3) is 0.278. The van der Waals surface area contributed by atoms with Crippen LogP contribution in [0, 0.1) is 5.82 Å². The molecule has 136 valence electrons. The van der Waals surface area contributed by atoms with Crippen molar-refractivity contribution in [1.82, 2.24) is 4.90 Å². The molecule has 0 unspecified atom stereocenters. The lowest BCUT2D eigenvalue weighted by molar-refractivity contribution is 0.171. The van der Waals surface area contributed by atoms with Crippen LogP contribution in [0.5, 0.6) is 11.5 Å². The highest BCUT2D eigenvalue weighted by molar-refractivity contribution is 7.99. The van der Waals surface area contributed by atoms with E-state index in [0.717, 1.165) is 17.1 Å². The summed E-state index contributed by atoms with van der Waals surface area (Å²) < 4.78 is 24.5. The molecule has 2 amide bonds. The quantitative estimate of drug-likeness (QED) is 0.813. The van der Waals surface area contributed by atoms with Gasteiger partial charge in [-0.3, -0.25) is 0 Å². The van der Waals surface area contributed by atoms with Gasteiger partial charge in [0.15, 0.2) is 11.5 Å². The normalized spacial score (nSPS) is 18.7. The number of urea groups is 1. The third-order valence-electron chi connectivity index (χ3n) is 4.17. The highest BCUT2D eigenvalue weighted by atomic mass is 35.5. The maximum Gasteiger partial charge on any atom is 0.323 e. The fourth-order valence-electron chi connectivity index (χ4n) is 2.94. The molecule has 2 aliphatic heterocycles. The molecule has 0 saturated carbocycles. The molecule has 26 heavy (non-hydrogen) atoms. The molecule has 4 rings (SSSR count). The van der Waals surface area contributed by atoms with Crippen LogP contribution >= 0.6 is 23.4 Å². The molecule has 2 aromatic carbocycles. The Morgan fingerprint density at radius 1 is 1.19 bits per heavy atom. The molecule has 5 nitrogen and oxygen atoms in total. The number of anilines is 1. The number of amides is 2. The first kappa shape index (κ1) is 17.3. The monoisotopic (exact) mass is 394 g/mol. The van der Waals surface area contributed by atoms with Crippen LogP contribution in [-0.4, -0.2) is 36.4 Å². The second kappa shape index (κ2) is 7.25. The summed E-state index contributed by atoms with van der Waals surface area (Å²) in [6.07, 6.45) is 0. The summed E-state index contributed by atoms with van der Waals surface area (Å²) in [5.74, 6) is 1.74. The number of carbonyl (C=O) groups excluding carboxylic acids is 1. The largest absolute Gasteiger partial charge is 0.486 e. The zero-order valence-corrected chi connectivity index (χ0v) is 15.3. The first-order chi connectivity index (χ1) is 12.6. The van der Waals surface area contributed by atoms with Crippen LogP contribution in [0.1, 0.15) is 10.9 Å². The van der Waals surface area contributed by atoms with E-state index in [2.05, 4.69) is 5.32 Å². The minimum absolute atomic E-state index is 0.0259. The van der Waals surface area contributed by atoms with Crippen LogP contribution in [0.4, 0.5) is 14.9 Å². The summed E-state index contributed by atoms with van der Waals surface area (Å²) in [5, 5.41) is 2.63. The van der Waals surface area contributed by atoms with Crippen molar-refractivity contribution in [3.8, 4) is 11.5 Å². The number of ether oxygens (including phenoxy) is 2. The molecule has 1 atom stereocenters. The minimum Gasteiger partial charge on any atom is -0.486 e. The van der Waals surface area contributed by atoms with Gasteiger partial charge >= 0.3 is 6.03 Å². The van der Waals surface area contributed by atoms with Crippen molar-refractivity contribution in [2.45, 2.75) is 5.37 Å². The van der Waals surface area contributed by atoms with Gasteiger partial charge in [-0.2, -0.15) is 0 Å². The number of rotatable bonds is 2. The van der Waals surface area contributed by atoms with E-state index in [1.165, 1.54) is 18.2 Å². The minimum atomic E-state index is -0.518. The number of carbonyl (C=O) groups is 1. The highest BCUT2D eigenvalue weighted by Gasteiger charge is 2.31. The maximum atomic E-state index is 13.3. The molecule has 2 heterocycles. The molecule has 1 saturated heterocycles. The van der Waals surface area contributed by atoms with E-state index in [1.54, 1.807) is 16.7 Å². The molecule has 0 bridgehead atoms. The van der Waals surface area contributed by atoms with Crippen LogP contribution in [0.25, 0.3) is 0 Å². The molecule has 2 aromatic rings. The van der Waals surface area contributed by atoms with Crippen LogP contribution < -0.4 is 14.8 Å². The number of thioether (sulfide) groups is 1. The maximum absolute atomic E-state index is 13.3. The molecule has 0 radical (unpaired) electrons. The number of hydrogen-bond acceptors (Lipinski definition) is 4. The van der Waals surface area contributed by atoms with Gasteiger partial charge in [0, 0.05) is 18.0 Å². The van der Waals surface area contributed by atoms with Crippen molar-refractivity contribution in [2.24, 2.45) is 0 Å².